The first-order valence-corrected chi connectivity index (χ1v) is 11.6. The van der Waals surface area contributed by atoms with Gasteiger partial charge in [0.05, 0.1) is 4.90 Å². The number of anilines is 1. The molecule has 0 saturated carbocycles. The quantitative estimate of drug-likeness (QED) is 0.588. The lowest BCUT2D eigenvalue weighted by Crippen LogP contribution is -2.23. The molecule has 0 fully saturated rings. The molecule has 0 unspecified atom stereocenters. The van der Waals surface area contributed by atoms with Crippen LogP contribution >= 0.6 is 0 Å². The largest absolute Gasteiger partial charge is 0.454 e. The van der Waals surface area contributed by atoms with E-state index < -0.39 is 10.0 Å². The van der Waals surface area contributed by atoms with Crippen LogP contribution in [0.5, 0.6) is 11.5 Å². The molecule has 1 heterocycles. The van der Waals surface area contributed by atoms with Crippen LogP contribution in [-0.4, -0.2) is 21.1 Å². The molecule has 0 aliphatic carbocycles. The average Bonchev–Trinajstić information content (AvgIpc) is 3.19. The highest BCUT2D eigenvalue weighted by molar-refractivity contribution is 7.92. The Balaban J connectivity index is 1.51. The molecule has 8 heteroatoms. The standard InChI is InChI=1S/C24H24N2O5S/c1-15-8-16(2)10-20(9-15)26-32(28,29)23-12-19(6-4-17(23)3)24(27)25-13-18-5-7-21-22(11-18)31-14-30-21/h4-12,26H,13-14H2,1-3H3,(H,25,27). The number of benzene rings is 3. The number of hydrogen-bond donors (Lipinski definition) is 2. The number of fused-ring (bicyclic) bond motifs is 1. The molecule has 2 N–H and O–H groups in total. The number of sulfonamides is 1. The minimum atomic E-state index is -3.87. The molecule has 0 atom stereocenters. The summed E-state index contributed by atoms with van der Waals surface area (Å²) in [4.78, 5) is 12.8. The molecule has 32 heavy (non-hydrogen) atoms. The maximum absolute atomic E-state index is 13.0. The number of carbonyl (C=O) groups excluding carboxylic acids is 1. The van der Waals surface area contributed by atoms with Crippen molar-refractivity contribution in [2.45, 2.75) is 32.2 Å². The third-order valence-electron chi connectivity index (χ3n) is 5.10. The van der Waals surface area contributed by atoms with Crippen LogP contribution in [-0.2, 0) is 16.6 Å². The van der Waals surface area contributed by atoms with E-state index in [4.69, 9.17) is 9.47 Å². The summed E-state index contributed by atoms with van der Waals surface area (Å²) in [5.74, 6) is 0.938. The molecule has 1 aliphatic rings. The Labute approximate surface area is 187 Å². The first kappa shape index (κ1) is 21.7. The smallest absolute Gasteiger partial charge is 0.262 e. The Morgan fingerprint density at radius 3 is 2.38 bits per heavy atom. The van der Waals surface area contributed by atoms with Crippen molar-refractivity contribution < 1.29 is 22.7 Å². The zero-order chi connectivity index (χ0) is 22.9. The van der Waals surface area contributed by atoms with Crippen molar-refractivity contribution in [2.75, 3.05) is 11.5 Å². The molecule has 0 radical (unpaired) electrons. The average molecular weight is 453 g/mol. The SMILES string of the molecule is Cc1cc(C)cc(NS(=O)(=O)c2cc(C(=O)NCc3ccc4c(c3)OCO4)ccc2C)c1. The predicted molar refractivity (Wildman–Crippen MR) is 122 cm³/mol. The molecule has 1 aliphatic heterocycles. The molecule has 4 rings (SSSR count). The summed E-state index contributed by atoms with van der Waals surface area (Å²) in [6.07, 6.45) is 0. The van der Waals surface area contributed by atoms with Gasteiger partial charge in [0, 0.05) is 17.8 Å². The van der Waals surface area contributed by atoms with Crippen molar-refractivity contribution in [3.8, 4) is 11.5 Å². The Bertz CT molecular complexity index is 1280. The van der Waals surface area contributed by atoms with Crippen LogP contribution in [0, 0.1) is 20.8 Å². The van der Waals surface area contributed by atoms with Crippen molar-refractivity contribution in [2.24, 2.45) is 0 Å². The van der Waals surface area contributed by atoms with Gasteiger partial charge in [-0.1, -0.05) is 18.2 Å². The van der Waals surface area contributed by atoms with Crippen LogP contribution in [0.25, 0.3) is 0 Å². The number of hydrogen-bond acceptors (Lipinski definition) is 5. The number of amides is 1. The van der Waals surface area contributed by atoms with E-state index in [2.05, 4.69) is 10.0 Å². The van der Waals surface area contributed by atoms with Crippen LogP contribution in [0.15, 0.2) is 59.5 Å². The fourth-order valence-electron chi connectivity index (χ4n) is 3.61. The van der Waals surface area contributed by atoms with Gasteiger partial charge in [0.1, 0.15) is 0 Å². The summed E-state index contributed by atoms with van der Waals surface area (Å²) in [6.45, 7) is 5.96. The van der Waals surface area contributed by atoms with E-state index in [-0.39, 0.29) is 29.7 Å². The number of rotatable bonds is 6. The lowest BCUT2D eigenvalue weighted by Gasteiger charge is -2.13. The van der Waals surface area contributed by atoms with Crippen LogP contribution in [0.1, 0.15) is 32.6 Å². The van der Waals surface area contributed by atoms with Gasteiger partial charge >= 0.3 is 0 Å². The first-order chi connectivity index (χ1) is 15.2. The first-order valence-electron chi connectivity index (χ1n) is 10.1. The van der Waals surface area contributed by atoms with E-state index in [1.54, 1.807) is 43.3 Å². The molecule has 0 saturated heterocycles. The highest BCUT2D eigenvalue weighted by Crippen LogP contribution is 2.32. The van der Waals surface area contributed by atoms with Crippen LogP contribution in [0.4, 0.5) is 5.69 Å². The topological polar surface area (TPSA) is 93.7 Å². The van der Waals surface area contributed by atoms with Crippen molar-refractivity contribution in [1.29, 1.82) is 0 Å². The number of aryl methyl sites for hydroxylation is 3. The maximum atomic E-state index is 13.0. The zero-order valence-corrected chi connectivity index (χ0v) is 18.9. The summed E-state index contributed by atoms with van der Waals surface area (Å²) in [7, 11) is -3.87. The second-order valence-corrected chi connectivity index (χ2v) is 9.48. The summed E-state index contributed by atoms with van der Waals surface area (Å²) in [5.41, 5.74) is 4.05. The van der Waals surface area contributed by atoms with E-state index in [0.717, 1.165) is 16.7 Å². The highest BCUT2D eigenvalue weighted by atomic mass is 32.2. The van der Waals surface area contributed by atoms with Crippen LogP contribution in [0.2, 0.25) is 0 Å². The van der Waals surface area contributed by atoms with E-state index in [1.165, 1.54) is 6.07 Å². The molecule has 0 bridgehead atoms. The van der Waals surface area contributed by atoms with Gasteiger partial charge in [-0.3, -0.25) is 9.52 Å². The Kier molecular flexibility index (Phi) is 5.80. The van der Waals surface area contributed by atoms with Crippen LogP contribution < -0.4 is 19.5 Å². The van der Waals surface area contributed by atoms with E-state index in [9.17, 15) is 13.2 Å². The fraction of sp³-hybridized carbons (Fsp3) is 0.208. The Hall–Kier alpha value is -3.52. The highest BCUT2D eigenvalue weighted by Gasteiger charge is 2.20. The van der Waals surface area contributed by atoms with Crippen molar-refractivity contribution >= 4 is 21.6 Å². The molecule has 0 spiro atoms. The Morgan fingerprint density at radius 1 is 0.906 bits per heavy atom. The predicted octanol–water partition coefficient (Wildman–Crippen LogP) is 4.07. The van der Waals surface area contributed by atoms with Gasteiger partial charge in [-0.05, 0) is 79.4 Å². The number of ether oxygens (including phenoxy) is 2. The van der Waals surface area contributed by atoms with Gasteiger partial charge in [0.25, 0.3) is 15.9 Å². The molecule has 3 aromatic rings. The third kappa shape index (κ3) is 4.70. The summed E-state index contributed by atoms with van der Waals surface area (Å²) < 4.78 is 39.3. The van der Waals surface area contributed by atoms with Gasteiger partial charge in [0.15, 0.2) is 11.5 Å². The molecule has 0 aromatic heterocycles. The van der Waals surface area contributed by atoms with Gasteiger partial charge in [-0.2, -0.15) is 0 Å². The summed E-state index contributed by atoms with van der Waals surface area (Å²) in [6, 6.07) is 15.6. The fourth-order valence-corrected chi connectivity index (χ4v) is 4.92. The molecule has 3 aromatic carbocycles. The molecule has 7 nitrogen and oxygen atoms in total. The molecular weight excluding hydrogens is 428 g/mol. The van der Waals surface area contributed by atoms with Gasteiger partial charge in [-0.15, -0.1) is 0 Å². The minimum absolute atomic E-state index is 0.0624. The minimum Gasteiger partial charge on any atom is -0.454 e. The third-order valence-corrected chi connectivity index (χ3v) is 6.63. The monoisotopic (exact) mass is 452 g/mol. The van der Waals surface area contributed by atoms with E-state index in [1.807, 2.05) is 26.0 Å². The normalized spacial score (nSPS) is 12.5. The van der Waals surface area contributed by atoms with Gasteiger partial charge < -0.3 is 14.8 Å². The van der Waals surface area contributed by atoms with Crippen molar-refractivity contribution in [1.82, 2.24) is 5.32 Å². The molecule has 1 amide bonds. The van der Waals surface area contributed by atoms with Crippen molar-refractivity contribution in [3.05, 3.63) is 82.4 Å². The lowest BCUT2D eigenvalue weighted by molar-refractivity contribution is 0.0950. The second-order valence-electron chi connectivity index (χ2n) is 7.83. The number of carbonyl (C=O) groups is 1. The molecular formula is C24H24N2O5S. The second kappa shape index (κ2) is 8.55. The zero-order valence-electron chi connectivity index (χ0n) is 18.1. The van der Waals surface area contributed by atoms with Crippen molar-refractivity contribution in [3.63, 3.8) is 0 Å². The lowest BCUT2D eigenvalue weighted by atomic mass is 10.1. The van der Waals surface area contributed by atoms with E-state index in [0.29, 0.717) is 22.7 Å². The van der Waals surface area contributed by atoms with Gasteiger partial charge in [0.2, 0.25) is 6.79 Å². The van der Waals surface area contributed by atoms with Gasteiger partial charge in [-0.25, -0.2) is 8.42 Å². The number of nitrogens with one attached hydrogen (secondary N) is 2. The van der Waals surface area contributed by atoms with E-state index >= 15 is 0 Å². The summed E-state index contributed by atoms with van der Waals surface area (Å²) >= 11 is 0. The molecule has 166 valence electrons. The maximum Gasteiger partial charge on any atom is 0.262 e. The van der Waals surface area contributed by atoms with Crippen LogP contribution in [0.3, 0.4) is 0 Å². The Morgan fingerprint density at radius 2 is 1.62 bits per heavy atom. The summed E-state index contributed by atoms with van der Waals surface area (Å²) in [5, 5.41) is 2.82.